The summed E-state index contributed by atoms with van der Waals surface area (Å²) >= 11 is 0. The average Bonchev–Trinajstić information content (AvgIpc) is 3.33. The lowest BCUT2D eigenvalue weighted by Crippen LogP contribution is -2.14. The van der Waals surface area contributed by atoms with Gasteiger partial charge in [0.2, 0.25) is 0 Å². The maximum absolute atomic E-state index is 5.39. The number of benzene rings is 7. The molecule has 212 valence electrons. The largest absolute Gasteiger partial charge is 0.228 e. The van der Waals surface area contributed by atoms with Crippen LogP contribution in [0.1, 0.15) is 25.0 Å². The maximum Gasteiger partial charge on any atom is 0.161 e. The van der Waals surface area contributed by atoms with Crippen molar-refractivity contribution in [3.05, 3.63) is 157 Å². The van der Waals surface area contributed by atoms with Gasteiger partial charge in [-0.25, -0.2) is 9.97 Å². The van der Waals surface area contributed by atoms with E-state index in [4.69, 9.17) is 9.97 Å². The van der Waals surface area contributed by atoms with Crippen molar-refractivity contribution in [1.82, 2.24) is 9.97 Å². The lowest BCUT2D eigenvalue weighted by Gasteiger charge is -2.21. The second kappa shape index (κ2) is 9.70. The zero-order valence-corrected chi connectivity index (χ0v) is 25.3. The quantitative estimate of drug-likeness (QED) is 0.155. The topological polar surface area (TPSA) is 25.8 Å². The summed E-state index contributed by atoms with van der Waals surface area (Å²) in [4.78, 5) is 10.7. The molecule has 45 heavy (non-hydrogen) atoms. The molecule has 1 heterocycles. The van der Waals surface area contributed by atoms with E-state index in [9.17, 15) is 0 Å². The molecule has 8 aromatic rings. The minimum atomic E-state index is -0.0405. The van der Waals surface area contributed by atoms with Crippen molar-refractivity contribution in [2.45, 2.75) is 19.3 Å². The third kappa shape index (κ3) is 3.96. The number of hydrogen-bond acceptors (Lipinski definition) is 2. The third-order valence-electron chi connectivity index (χ3n) is 9.67. The van der Waals surface area contributed by atoms with Crippen LogP contribution in [0.3, 0.4) is 0 Å². The molecular formula is C43H30N2. The molecule has 2 heteroatoms. The predicted molar refractivity (Wildman–Crippen MR) is 188 cm³/mol. The van der Waals surface area contributed by atoms with Gasteiger partial charge in [0.25, 0.3) is 0 Å². The SMILES string of the molecule is CC1(C)c2ccccc2-c2cc(-c3cc(-c4ccccc4)nc(-c4c5ccccc5cc5c4ccc4ccccc45)n3)ccc21. The molecule has 0 atom stereocenters. The van der Waals surface area contributed by atoms with Gasteiger partial charge in [-0.3, -0.25) is 0 Å². The predicted octanol–water partition coefficient (Wildman–Crippen LogP) is 11.2. The lowest BCUT2D eigenvalue weighted by molar-refractivity contribution is 0.660. The summed E-state index contributed by atoms with van der Waals surface area (Å²) in [5, 5.41) is 7.18. The zero-order chi connectivity index (χ0) is 30.1. The van der Waals surface area contributed by atoms with Crippen LogP contribution in [0.4, 0.5) is 0 Å². The van der Waals surface area contributed by atoms with Gasteiger partial charge in [-0.15, -0.1) is 0 Å². The van der Waals surface area contributed by atoms with Gasteiger partial charge >= 0.3 is 0 Å². The van der Waals surface area contributed by atoms with Gasteiger partial charge in [-0.1, -0.05) is 141 Å². The minimum Gasteiger partial charge on any atom is -0.228 e. The van der Waals surface area contributed by atoms with E-state index >= 15 is 0 Å². The Hall–Kier alpha value is -5.60. The highest BCUT2D eigenvalue weighted by Gasteiger charge is 2.35. The number of nitrogens with zero attached hydrogens (tertiary/aromatic N) is 2. The summed E-state index contributed by atoms with van der Waals surface area (Å²) < 4.78 is 0. The summed E-state index contributed by atoms with van der Waals surface area (Å²) in [6, 6.07) is 52.3. The molecule has 1 aliphatic carbocycles. The number of fused-ring (bicyclic) bond motifs is 7. The molecule has 0 fully saturated rings. The highest BCUT2D eigenvalue weighted by Crippen LogP contribution is 2.49. The van der Waals surface area contributed by atoms with Crippen molar-refractivity contribution in [2.24, 2.45) is 0 Å². The highest BCUT2D eigenvalue weighted by atomic mass is 14.9. The summed E-state index contributed by atoms with van der Waals surface area (Å²) in [7, 11) is 0. The third-order valence-corrected chi connectivity index (χ3v) is 9.67. The Bertz CT molecular complexity index is 2450. The maximum atomic E-state index is 5.39. The van der Waals surface area contributed by atoms with Crippen LogP contribution < -0.4 is 0 Å². The number of rotatable bonds is 3. The smallest absolute Gasteiger partial charge is 0.161 e. The summed E-state index contributed by atoms with van der Waals surface area (Å²) in [6.07, 6.45) is 0. The van der Waals surface area contributed by atoms with Gasteiger partial charge in [-0.2, -0.15) is 0 Å². The van der Waals surface area contributed by atoms with Crippen LogP contribution in [-0.4, -0.2) is 9.97 Å². The minimum absolute atomic E-state index is 0.0405. The van der Waals surface area contributed by atoms with E-state index in [1.54, 1.807) is 0 Å². The van der Waals surface area contributed by atoms with E-state index in [-0.39, 0.29) is 5.41 Å². The Kier molecular flexibility index (Phi) is 5.58. The molecule has 0 N–H and O–H groups in total. The molecule has 1 aromatic heterocycles. The van der Waals surface area contributed by atoms with Crippen molar-refractivity contribution in [3.63, 3.8) is 0 Å². The van der Waals surface area contributed by atoms with Crippen molar-refractivity contribution < 1.29 is 0 Å². The van der Waals surface area contributed by atoms with Crippen LogP contribution >= 0.6 is 0 Å². The Morgan fingerprint density at radius 1 is 0.422 bits per heavy atom. The van der Waals surface area contributed by atoms with Gasteiger partial charge in [0.05, 0.1) is 11.4 Å². The van der Waals surface area contributed by atoms with Gasteiger partial charge in [0.15, 0.2) is 5.82 Å². The average molecular weight is 575 g/mol. The molecule has 0 amide bonds. The standard InChI is InChI=1S/C43H30N2/c1-43(2)37-19-11-10-18-33(37)36-25-30(21-23-38(36)43)40-26-39(28-13-4-3-5-14-28)44-42(45-40)41-32-17-9-7-15-29(32)24-35-31-16-8-6-12-27(31)20-22-34(35)41/h3-26H,1-2H3. The monoisotopic (exact) mass is 574 g/mol. The van der Waals surface area contributed by atoms with E-state index in [0.717, 1.165) is 44.7 Å². The van der Waals surface area contributed by atoms with Crippen molar-refractivity contribution in [1.29, 1.82) is 0 Å². The van der Waals surface area contributed by atoms with Crippen molar-refractivity contribution in [2.75, 3.05) is 0 Å². The van der Waals surface area contributed by atoms with E-state index in [1.165, 1.54) is 43.8 Å². The molecule has 0 unspecified atom stereocenters. The Morgan fingerprint density at radius 2 is 1.09 bits per heavy atom. The highest BCUT2D eigenvalue weighted by molar-refractivity contribution is 6.19. The summed E-state index contributed by atoms with van der Waals surface area (Å²) in [5.74, 6) is 0.740. The Morgan fingerprint density at radius 3 is 1.93 bits per heavy atom. The number of hydrogen-bond donors (Lipinski definition) is 0. The Labute approximate surface area is 262 Å². The van der Waals surface area contributed by atoms with Crippen LogP contribution in [0.2, 0.25) is 0 Å². The molecular weight excluding hydrogens is 544 g/mol. The van der Waals surface area contributed by atoms with Crippen LogP contribution in [0.5, 0.6) is 0 Å². The molecule has 0 radical (unpaired) electrons. The first-order valence-corrected chi connectivity index (χ1v) is 15.6. The molecule has 2 nitrogen and oxygen atoms in total. The first-order valence-electron chi connectivity index (χ1n) is 15.6. The first-order chi connectivity index (χ1) is 22.1. The van der Waals surface area contributed by atoms with Gasteiger partial charge in [0, 0.05) is 22.1 Å². The second-order valence-electron chi connectivity index (χ2n) is 12.6. The second-order valence-corrected chi connectivity index (χ2v) is 12.6. The van der Waals surface area contributed by atoms with Crippen LogP contribution in [0.25, 0.3) is 77.3 Å². The molecule has 0 spiro atoms. The lowest BCUT2D eigenvalue weighted by atomic mass is 9.82. The fourth-order valence-electron chi connectivity index (χ4n) is 7.40. The van der Waals surface area contributed by atoms with Gasteiger partial charge < -0.3 is 0 Å². The summed E-state index contributed by atoms with van der Waals surface area (Å²) in [6.45, 7) is 4.64. The molecule has 9 rings (SSSR count). The van der Waals surface area contributed by atoms with Crippen molar-refractivity contribution in [3.8, 4) is 45.0 Å². The first kappa shape index (κ1) is 25.9. The fourth-order valence-corrected chi connectivity index (χ4v) is 7.40. The van der Waals surface area contributed by atoms with Gasteiger partial charge in [0.1, 0.15) is 0 Å². The van der Waals surface area contributed by atoms with Crippen LogP contribution in [0, 0.1) is 0 Å². The molecule has 0 bridgehead atoms. The molecule has 1 aliphatic rings. The molecule has 0 saturated heterocycles. The Balaban J connectivity index is 1.34. The van der Waals surface area contributed by atoms with Crippen LogP contribution in [-0.2, 0) is 5.41 Å². The zero-order valence-electron chi connectivity index (χ0n) is 25.3. The van der Waals surface area contributed by atoms with E-state index < -0.39 is 0 Å². The summed E-state index contributed by atoms with van der Waals surface area (Å²) in [5.41, 5.74) is 10.4. The molecule has 0 aliphatic heterocycles. The normalized spacial score (nSPS) is 13.3. The number of aromatic nitrogens is 2. The fraction of sp³-hybridized carbons (Fsp3) is 0.0698. The van der Waals surface area contributed by atoms with E-state index in [1.807, 2.05) is 0 Å². The van der Waals surface area contributed by atoms with E-state index in [2.05, 4.69) is 159 Å². The van der Waals surface area contributed by atoms with Crippen molar-refractivity contribution >= 4 is 32.3 Å². The van der Waals surface area contributed by atoms with Crippen LogP contribution in [0.15, 0.2) is 146 Å². The molecule has 0 saturated carbocycles. The molecule has 7 aromatic carbocycles. The van der Waals surface area contributed by atoms with E-state index in [0.29, 0.717) is 0 Å². The van der Waals surface area contributed by atoms with Gasteiger partial charge in [-0.05, 0) is 72.8 Å².